The maximum atomic E-state index is 13.0. The molecule has 5 nitrogen and oxygen atoms in total. The number of hydrogen-bond donors (Lipinski definition) is 2. The van der Waals surface area contributed by atoms with Gasteiger partial charge in [-0.2, -0.15) is 0 Å². The molecule has 5 atom stereocenters. The molecule has 3 saturated heterocycles. The predicted octanol–water partition coefficient (Wildman–Crippen LogP) is 0.598. The van der Waals surface area contributed by atoms with Crippen molar-refractivity contribution in [3.05, 3.63) is 54.7 Å². The largest absolute Gasteiger partial charge is 1.00 e. The summed E-state index contributed by atoms with van der Waals surface area (Å²) in [6.07, 6.45) is 5.20. The zero-order valence-electron chi connectivity index (χ0n) is 18.7. The number of hydrogen-bond acceptors (Lipinski definition) is 3. The first kappa shape index (κ1) is 23.9. The van der Waals surface area contributed by atoms with Crippen molar-refractivity contribution in [3.8, 4) is 0 Å². The highest BCUT2D eigenvalue weighted by atomic mass is 79.9. The van der Waals surface area contributed by atoms with Gasteiger partial charge >= 0.3 is 0 Å². The zero-order valence-corrected chi connectivity index (χ0v) is 20.3. The Labute approximate surface area is 195 Å². The van der Waals surface area contributed by atoms with Crippen molar-refractivity contribution in [1.82, 2.24) is 10.3 Å². The van der Waals surface area contributed by atoms with Gasteiger partial charge in [0, 0.05) is 35.9 Å². The summed E-state index contributed by atoms with van der Waals surface area (Å²) in [5.74, 6) is 0.988. The van der Waals surface area contributed by atoms with Gasteiger partial charge in [0.25, 0.3) is 5.91 Å². The van der Waals surface area contributed by atoms with Crippen LogP contribution in [0.3, 0.4) is 0 Å². The molecule has 0 radical (unpaired) electrons. The summed E-state index contributed by atoms with van der Waals surface area (Å²) in [5, 5.41) is 15.8. The van der Waals surface area contributed by atoms with Crippen LogP contribution in [0.1, 0.15) is 45.3 Å². The van der Waals surface area contributed by atoms with Gasteiger partial charge in [-0.25, -0.2) is 0 Å². The van der Waals surface area contributed by atoms with Gasteiger partial charge < -0.3 is 31.9 Å². The number of pyridine rings is 1. The summed E-state index contributed by atoms with van der Waals surface area (Å²) in [5.41, 5.74) is 1.55. The minimum Gasteiger partial charge on any atom is -1.00 e. The molecule has 3 aliphatic heterocycles. The number of halogens is 1. The SMILES string of the molecule is C=CC1C[N@+]2(CC(=O)NC(C)(C)C)CCC1CC2C(O)c1ccnc2ccccc12.[Br-]. The van der Waals surface area contributed by atoms with E-state index < -0.39 is 6.10 Å². The van der Waals surface area contributed by atoms with Gasteiger partial charge in [-0.3, -0.25) is 9.78 Å². The smallest absolute Gasteiger partial charge is 0.275 e. The van der Waals surface area contributed by atoms with E-state index in [1.807, 2.05) is 51.1 Å². The Kier molecular flexibility index (Phi) is 6.94. The molecule has 2 aromatic rings. The van der Waals surface area contributed by atoms with Crippen LogP contribution in [-0.4, -0.2) is 51.7 Å². The number of rotatable bonds is 5. The number of aliphatic hydroxyl groups is 1. The molecule has 1 aromatic carbocycles. The molecule has 4 heterocycles. The molecular weight excluding hydrogens is 454 g/mol. The van der Waals surface area contributed by atoms with Gasteiger partial charge in [0.15, 0.2) is 6.54 Å². The molecule has 3 fully saturated rings. The second kappa shape index (κ2) is 9.00. The van der Waals surface area contributed by atoms with Crippen LogP contribution in [0.15, 0.2) is 49.2 Å². The number of benzene rings is 1. The lowest BCUT2D eigenvalue weighted by Gasteiger charge is -2.57. The third kappa shape index (κ3) is 4.71. The second-order valence-corrected chi connectivity index (χ2v) is 10.2. The number of carbonyl (C=O) groups is 1. The van der Waals surface area contributed by atoms with Crippen LogP contribution >= 0.6 is 0 Å². The number of aliphatic hydroxyl groups excluding tert-OH is 1. The van der Waals surface area contributed by atoms with Crippen molar-refractivity contribution in [3.63, 3.8) is 0 Å². The zero-order chi connectivity index (χ0) is 21.5. The average Bonchev–Trinajstić information content (AvgIpc) is 2.71. The summed E-state index contributed by atoms with van der Waals surface area (Å²) in [6.45, 7) is 12.3. The summed E-state index contributed by atoms with van der Waals surface area (Å²) in [7, 11) is 0. The molecule has 0 spiro atoms. The highest BCUT2D eigenvalue weighted by molar-refractivity contribution is 5.82. The van der Waals surface area contributed by atoms with Gasteiger partial charge in [-0.1, -0.05) is 24.3 Å². The first-order valence-corrected chi connectivity index (χ1v) is 11.0. The summed E-state index contributed by atoms with van der Waals surface area (Å²) >= 11 is 0. The van der Waals surface area contributed by atoms with Gasteiger partial charge in [0.2, 0.25) is 0 Å². The molecule has 3 aliphatic rings. The van der Waals surface area contributed by atoms with Crippen LogP contribution in [0.2, 0.25) is 0 Å². The predicted molar refractivity (Wildman–Crippen MR) is 120 cm³/mol. The molecule has 0 saturated carbocycles. The van der Waals surface area contributed by atoms with Crippen molar-refractivity contribution >= 4 is 16.8 Å². The molecule has 5 rings (SSSR count). The van der Waals surface area contributed by atoms with E-state index in [2.05, 4.69) is 23.0 Å². The van der Waals surface area contributed by atoms with Gasteiger partial charge in [-0.15, -0.1) is 6.58 Å². The Balaban J connectivity index is 0.00000272. The molecule has 168 valence electrons. The van der Waals surface area contributed by atoms with E-state index in [9.17, 15) is 9.90 Å². The van der Waals surface area contributed by atoms with Gasteiger partial charge in [0.05, 0.1) is 18.6 Å². The van der Waals surface area contributed by atoms with E-state index >= 15 is 0 Å². The van der Waals surface area contributed by atoms with E-state index in [1.54, 1.807) is 6.20 Å². The quantitative estimate of drug-likeness (QED) is 0.479. The Bertz CT molecular complexity index is 952. The minimum atomic E-state index is -0.631. The number of quaternary nitrogens is 1. The van der Waals surface area contributed by atoms with Crippen molar-refractivity contribution < 1.29 is 31.4 Å². The maximum absolute atomic E-state index is 13.0. The van der Waals surface area contributed by atoms with Gasteiger partial charge in [-0.05, 0) is 44.4 Å². The van der Waals surface area contributed by atoms with Crippen LogP contribution in [-0.2, 0) is 4.79 Å². The van der Waals surface area contributed by atoms with Crippen LogP contribution < -0.4 is 22.3 Å². The third-order valence-electron chi connectivity index (χ3n) is 7.01. The van der Waals surface area contributed by atoms with E-state index in [4.69, 9.17) is 0 Å². The lowest BCUT2D eigenvalue weighted by atomic mass is 9.71. The normalized spacial score (nSPS) is 28.6. The van der Waals surface area contributed by atoms with E-state index in [0.29, 0.717) is 22.9 Å². The van der Waals surface area contributed by atoms with Crippen LogP contribution in [0.5, 0.6) is 0 Å². The van der Waals surface area contributed by atoms with Crippen LogP contribution in [0.25, 0.3) is 10.9 Å². The highest BCUT2D eigenvalue weighted by Crippen LogP contribution is 2.46. The first-order valence-electron chi connectivity index (χ1n) is 11.0. The molecule has 2 bridgehead atoms. The molecule has 2 N–H and O–H groups in total. The molecule has 1 amide bonds. The Morgan fingerprint density at radius 1 is 1.35 bits per heavy atom. The monoisotopic (exact) mass is 487 g/mol. The summed E-state index contributed by atoms with van der Waals surface area (Å²) in [4.78, 5) is 17.4. The fourth-order valence-corrected chi connectivity index (χ4v) is 5.71. The number of piperidine rings is 3. The second-order valence-electron chi connectivity index (χ2n) is 10.2. The molecule has 6 heteroatoms. The first-order chi connectivity index (χ1) is 14.2. The molecular formula is C25H34BrN3O2. The lowest BCUT2D eigenvalue weighted by molar-refractivity contribution is -0.966. The van der Waals surface area contributed by atoms with Crippen molar-refractivity contribution in [1.29, 1.82) is 0 Å². The number of carbonyl (C=O) groups excluding carboxylic acids is 1. The summed E-state index contributed by atoms with van der Waals surface area (Å²) < 4.78 is 0.632. The van der Waals surface area contributed by atoms with E-state index in [1.165, 1.54) is 0 Å². The van der Waals surface area contributed by atoms with Crippen molar-refractivity contribution in [2.75, 3.05) is 19.6 Å². The number of aromatic nitrogens is 1. The molecule has 0 aliphatic carbocycles. The fraction of sp³-hybridized carbons (Fsp3) is 0.520. The van der Waals surface area contributed by atoms with Gasteiger partial charge in [0.1, 0.15) is 12.1 Å². The van der Waals surface area contributed by atoms with Crippen molar-refractivity contribution in [2.45, 2.75) is 51.3 Å². The number of amides is 1. The highest BCUT2D eigenvalue weighted by Gasteiger charge is 2.54. The Morgan fingerprint density at radius 3 is 2.81 bits per heavy atom. The maximum Gasteiger partial charge on any atom is 0.275 e. The standard InChI is InChI=1S/C25H33N3O2.BrH/c1-5-17-15-28(16-23(29)27-25(2,3)4)13-11-18(17)14-22(28)24(30)20-10-12-26-21-9-7-6-8-19(20)21;/h5-10,12,17-18,22,24,30H,1,11,13-16H2,2-4H3;1H/t17?,18?,22?,24?,28-;/m0./s1. The topological polar surface area (TPSA) is 62.2 Å². The average molecular weight is 488 g/mol. The van der Waals surface area contributed by atoms with E-state index in [0.717, 1.165) is 42.4 Å². The van der Waals surface area contributed by atoms with Crippen LogP contribution in [0.4, 0.5) is 0 Å². The Morgan fingerprint density at radius 2 is 2.10 bits per heavy atom. The van der Waals surface area contributed by atoms with E-state index in [-0.39, 0.29) is 34.5 Å². The summed E-state index contributed by atoms with van der Waals surface area (Å²) in [6, 6.07) is 9.90. The molecule has 4 unspecified atom stereocenters. The number of fused-ring (bicyclic) bond motifs is 4. The molecule has 1 aromatic heterocycles. The Hall–Kier alpha value is -1.76. The molecule has 31 heavy (non-hydrogen) atoms. The third-order valence-corrected chi connectivity index (χ3v) is 7.01. The minimum absolute atomic E-state index is 0. The fourth-order valence-electron chi connectivity index (χ4n) is 5.71. The van der Waals surface area contributed by atoms with Crippen LogP contribution in [0, 0.1) is 11.8 Å². The number of para-hydroxylation sites is 1. The lowest BCUT2D eigenvalue weighted by Crippen LogP contribution is -3.00. The number of nitrogens with one attached hydrogen (secondary N) is 1. The van der Waals surface area contributed by atoms with Crippen molar-refractivity contribution in [2.24, 2.45) is 11.8 Å². The number of nitrogens with zero attached hydrogens (tertiary/aromatic N) is 2.